The first-order chi connectivity index (χ1) is 14.1. The number of nitrogens with zero attached hydrogens (tertiary/aromatic N) is 3. The smallest absolute Gasteiger partial charge is 0.302 e. The van der Waals surface area contributed by atoms with Crippen LogP contribution in [0.2, 0.25) is 0 Å². The molecule has 2 heterocycles. The summed E-state index contributed by atoms with van der Waals surface area (Å²) in [6, 6.07) is 6.35. The lowest BCUT2D eigenvalue weighted by atomic mass is 9.94. The minimum Gasteiger partial charge on any atom is -0.302 e. The van der Waals surface area contributed by atoms with E-state index in [-0.39, 0.29) is 11.2 Å². The van der Waals surface area contributed by atoms with Crippen LogP contribution in [0, 0.1) is 5.92 Å². The van der Waals surface area contributed by atoms with Crippen LogP contribution in [0.4, 0.5) is 26.3 Å². The second-order valence-electron chi connectivity index (χ2n) is 8.18. The average Bonchev–Trinajstić information content (AvgIpc) is 3.26. The Balaban J connectivity index is 1.26. The number of alkyl halides is 6. The first-order valence-corrected chi connectivity index (χ1v) is 9.87. The fourth-order valence-corrected chi connectivity index (χ4v) is 4.49. The molecule has 162 valence electrons. The van der Waals surface area contributed by atoms with Gasteiger partial charge in [0.1, 0.15) is 11.5 Å². The molecule has 1 aliphatic heterocycles. The van der Waals surface area contributed by atoms with Gasteiger partial charge in [0, 0.05) is 31.1 Å². The molecule has 1 aliphatic carbocycles. The zero-order valence-electron chi connectivity index (χ0n) is 16.1. The number of likely N-dealkylation sites (tertiary alicyclic amines) is 1. The van der Waals surface area contributed by atoms with Crippen LogP contribution in [0.15, 0.2) is 36.5 Å². The highest BCUT2D eigenvalue weighted by molar-refractivity contribution is 5.39. The van der Waals surface area contributed by atoms with E-state index in [1.807, 2.05) is 0 Å². The maximum absolute atomic E-state index is 12.8. The number of piperidine rings is 1. The van der Waals surface area contributed by atoms with E-state index in [9.17, 15) is 26.3 Å². The lowest BCUT2D eigenvalue weighted by Crippen LogP contribution is -2.27. The van der Waals surface area contributed by atoms with Gasteiger partial charge in [-0.05, 0) is 55.5 Å². The van der Waals surface area contributed by atoms with Gasteiger partial charge in [0.05, 0.1) is 5.56 Å². The summed E-state index contributed by atoms with van der Waals surface area (Å²) in [5.41, 5.74) is -0.647. The van der Waals surface area contributed by atoms with Crippen molar-refractivity contribution in [3.05, 3.63) is 59.2 Å². The van der Waals surface area contributed by atoms with Crippen molar-refractivity contribution < 1.29 is 26.3 Å². The molecule has 1 saturated carbocycles. The number of aryl methyl sites for hydroxylation is 1. The van der Waals surface area contributed by atoms with E-state index in [0.717, 1.165) is 62.4 Å². The predicted molar refractivity (Wildman–Crippen MR) is 97.6 cm³/mol. The molecule has 9 heteroatoms. The zero-order valence-corrected chi connectivity index (χ0v) is 16.1. The highest BCUT2D eigenvalue weighted by atomic mass is 19.4. The van der Waals surface area contributed by atoms with Crippen molar-refractivity contribution in [2.75, 3.05) is 19.6 Å². The van der Waals surface area contributed by atoms with Gasteiger partial charge < -0.3 is 4.90 Å². The minimum absolute atomic E-state index is 0.0473. The lowest BCUT2D eigenvalue weighted by Gasteiger charge is -2.21. The SMILES string of the molecule is FC(F)(F)c1ccc(C23CC2CN(CCCCc2nccc(C(F)(F)F)n2)C3)cc1. The van der Waals surface area contributed by atoms with E-state index < -0.39 is 23.6 Å². The first-order valence-electron chi connectivity index (χ1n) is 9.87. The van der Waals surface area contributed by atoms with Crippen molar-refractivity contribution in [3.63, 3.8) is 0 Å². The Bertz CT molecular complexity index is 893. The zero-order chi connectivity index (χ0) is 21.6. The van der Waals surface area contributed by atoms with Crippen molar-refractivity contribution in [1.82, 2.24) is 14.9 Å². The summed E-state index contributed by atoms with van der Waals surface area (Å²) in [5, 5.41) is 0. The van der Waals surface area contributed by atoms with E-state index in [4.69, 9.17) is 0 Å². The number of fused-ring (bicyclic) bond motifs is 1. The third kappa shape index (κ3) is 4.31. The number of hydrogen-bond donors (Lipinski definition) is 0. The van der Waals surface area contributed by atoms with Crippen LogP contribution in [0.3, 0.4) is 0 Å². The molecule has 0 amide bonds. The van der Waals surface area contributed by atoms with Crippen molar-refractivity contribution >= 4 is 0 Å². The van der Waals surface area contributed by atoms with Crippen LogP contribution in [-0.4, -0.2) is 34.5 Å². The standard InChI is InChI=1S/C21H21F6N3/c22-20(23,24)15-6-4-14(5-7-15)19-11-16(19)12-30(13-19)10-2-1-3-18-28-9-8-17(29-18)21(25,26)27/h4-9,16H,1-3,10-13H2. The van der Waals surface area contributed by atoms with Gasteiger partial charge >= 0.3 is 12.4 Å². The highest BCUT2D eigenvalue weighted by Crippen LogP contribution is 2.59. The van der Waals surface area contributed by atoms with E-state index in [2.05, 4.69) is 14.9 Å². The average molecular weight is 429 g/mol. The topological polar surface area (TPSA) is 29.0 Å². The van der Waals surface area contributed by atoms with Crippen LogP contribution in [0.5, 0.6) is 0 Å². The number of rotatable bonds is 6. The number of hydrogen-bond acceptors (Lipinski definition) is 3. The molecule has 0 bridgehead atoms. The summed E-state index contributed by atoms with van der Waals surface area (Å²) >= 11 is 0. The summed E-state index contributed by atoms with van der Waals surface area (Å²) in [6.07, 6.45) is -4.82. The van der Waals surface area contributed by atoms with E-state index in [1.54, 1.807) is 12.1 Å². The summed E-state index contributed by atoms with van der Waals surface area (Å²) in [4.78, 5) is 9.78. The largest absolute Gasteiger partial charge is 0.433 e. The number of halogens is 6. The molecule has 0 N–H and O–H groups in total. The second kappa shape index (κ2) is 7.51. The molecule has 2 aromatic rings. The minimum atomic E-state index is -4.47. The summed E-state index contributed by atoms with van der Waals surface area (Å²) < 4.78 is 76.4. The fourth-order valence-electron chi connectivity index (χ4n) is 4.49. The van der Waals surface area contributed by atoms with Crippen LogP contribution in [-0.2, 0) is 24.2 Å². The monoisotopic (exact) mass is 429 g/mol. The summed E-state index contributed by atoms with van der Waals surface area (Å²) in [7, 11) is 0. The molecule has 2 aliphatic rings. The Morgan fingerprint density at radius 2 is 1.70 bits per heavy atom. The molecule has 2 atom stereocenters. The van der Waals surface area contributed by atoms with Crippen LogP contribution in [0.25, 0.3) is 0 Å². The Kier molecular flexibility index (Phi) is 5.28. The van der Waals surface area contributed by atoms with E-state index >= 15 is 0 Å². The van der Waals surface area contributed by atoms with Gasteiger partial charge in [0.2, 0.25) is 0 Å². The summed E-state index contributed by atoms with van der Waals surface area (Å²) in [5.74, 6) is 0.649. The van der Waals surface area contributed by atoms with Gasteiger partial charge in [0.15, 0.2) is 0 Å². The third-order valence-electron chi connectivity index (χ3n) is 6.12. The summed E-state index contributed by atoms with van der Waals surface area (Å²) in [6.45, 7) is 2.52. The molecule has 3 nitrogen and oxygen atoms in total. The van der Waals surface area contributed by atoms with Crippen LogP contribution in [0.1, 0.15) is 41.9 Å². The van der Waals surface area contributed by atoms with Crippen LogP contribution < -0.4 is 0 Å². The Labute approximate surface area is 170 Å². The van der Waals surface area contributed by atoms with Crippen molar-refractivity contribution in [1.29, 1.82) is 0 Å². The Morgan fingerprint density at radius 3 is 2.37 bits per heavy atom. The molecule has 0 spiro atoms. The van der Waals surface area contributed by atoms with Gasteiger partial charge in [-0.15, -0.1) is 0 Å². The van der Waals surface area contributed by atoms with Crippen LogP contribution >= 0.6 is 0 Å². The molecule has 2 fully saturated rings. The van der Waals surface area contributed by atoms with E-state index in [0.29, 0.717) is 18.8 Å². The molecule has 0 radical (unpaired) electrons. The molecular weight excluding hydrogens is 408 g/mol. The number of benzene rings is 1. The lowest BCUT2D eigenvalue weighted by molar-refractivity contribution is -0.141. The first kappa shape index (κ1) is 21.1. The van der Waals surface area contributed by atoms with Gasteiger partial charge in [-0.3, -0.25) is 0 Å². The van der Waals surface area contributed by atoms with Crippen molar-refractivity contribution in [3.8, 4) is 0 Å². The van der Waals surface area contributed by atoms with E-state index in [1.165, 1.54) is 0 Å². The molecular formula is C21H21F6N3. The molecule has 1 aromatic heterocycles. The fraction of sp³-hybridized carbons (Fsp3) is 0.524. The van der Waals surface area contributed by atoms with Gasteiger partial charge in [-0.2, -0.15) is 26.3 Å². The van der Waals surface area contributed by atoms with Gasteiger partial charge in [0.25, 0.3) is 0 Å². The Morgan fingerprint density at radius 1 is 0.967 bits per heavy atom. The number of aromatic nitrogens is 2. The molecule has 1 saturated heterocycles. The molecule has 1 aromatic carbocycles. The molecule has 30 heavy (non-hydrogen) atoms. The maximum atomic E-state index is 12.8. The predicted octanol–water partition coefficient (Wildman–Crippen LogP) is 5.11. The highest BCUT2D eigenvalue weighted by Gasteiger charge is 2.60. The normalized spacial score (nSPS) is 24.1. The molecule has 4 rings (SSSR count). The number of unbranched alkanes of at least 4 members (excludes halogenated alkanes) is 1. The maximum Gasteiger partial charge on any atom is 0.433 e. The quantitative estimate of drug-likeness (QED) is 0.472. The third-order valence-corrected chi connectivity index (χ3v) is 6.12. The Hall–Kier alpha value is -2.16. The van der Waals surface area contributed by atoms with Gasteiger partial charge in [-0.25, -0.2) is 9.97 Å². The van der Waals surface area contributed by atoms with Crippen molar-refractivity contribution in [2.45, 2.75) is 43.5 Å². The van der Waals surface area contributed by atoms with Gasteiger partial charge in [-0.1, -0.05) is 12.1 Å². The molecule has 2 unspecified atom stereocenters. The second-order valence-corrected chi connectivity index (χ2v) is 8.18. The van der Waals surface area contributed by atoms with Crippen molar-refractivity contribution in [2.24, 2.45) is 5.92 Å².